The number of hydrogen-bond donors (Lipinski definition) is 1. The molecule has 1 N–H and O–H groups in total. The molecule has 16 heavy (non-hydrogen) atoms. The van der Waals surface area contributed by atoms with Crippen LogP contribution in [0.1, 0.15) is 36.4 Å². The highest BCUT2D eigenvalue weighted by Gasteiger charge is 2.35. The Morgan fingerprint density at radius 3 is 2.38 bits per heavy atom. The molecule has 0 bridgehead atoms. The van der Waals surface area contributed by atoms with Crippen molar-refractivity contribution < 1.29 is 5.11 Å². The molecular formula is C13H21NOS. The molecule has 0 atom stereocenters. The summed E-state index contributed by atoms with van der Waals surface area (Å²) in [5.41, 5.74) is -0.565. The van der Waals surface area contributed by atoms with Crippen molar-refractivity contribution in [1.29, 1.82) is 0 Å². The second-order valence-corrected chi connectivity index (χ2v) is 6.36. The van der Waals surface area contributed by atoms with Gasteiger partial charge in [0, 0.05) is 28.9 Å². The summed E-state index contributed by atoms with van der Waals surface area (Å²) >= 11 is 1.73. The predicted octanol–water partition coefficient (Wildman–Crippen LogP) is 2.75. The largest absolute Gasteiger partial charge is 0.384 e. The number of hydrogen-bond acceptors (Lipinski definition) is 3. The van der Waals surface area contributed by atoms with E-state index < -0.39 is 5.60 Å². The van der Waals surface area contributed by atoms with Crippen molar-refractivity contribution >= 4 is 11.3 Å². The van der Waals surface area contributed by atoms with Crippen LogP contribution in [0.15, 0.2) is 12.1 Å². The van der Waals surface area contributed by atoms with E-state index in [9.17, 15) is 5.11 Å². The first kappa shape index (κ1) is 12.1. The van der Waals surface area contributed by atoms with Gasteiger partial charge in [-0.15, -0.1) is 11.3 Å². The van der Waals surface area contributed by atoms with E-state index in [4.69, 9.17) is 0 Å². The van der Waals surface area contributed by atoms with Crippen molar-refractivity contribution in [1.82, 2.24) is 4.90 Å². The molecule has 0 unspecified atom stereocenters. The van der Waals surface area contributed by atoms with Gasteiger partial charge in [-0.1, -0.05) is 0 Å². The molecule has 1 aliphatic heterocycles. The van der Waals surface area contributed by atoms with E-state index in [1.807, 2.05) is 0 Å². The second kappa shape index (κ2) is 4.47. The zero-order valence-electron chi connectivity index (χ0n) is 10.4. The Labute approximate surface area is 102 Å². The lowest BCUT2D eigenvalue weighted by atomic mass is 9.89. The van der Waals surface area contributed by atoms with Gasteiger partial charge in [0.2, 0.25) is 0 Å². The Morgan fingerprint density at radius 1 is 1.31 bits per heavy atom. The maximum atomic E-state index is 10.6. The molecule has 2 rings (SSSR count). The van der Waals surface area contributed by atoms with E-state index in [2.05, 4.69) is 37.8 Å². The average Bonchev–Trinajstić information content (AvgIpc) is 2.66. The van der Waals surface area contributed by atoms with Gasteiger partial charge in [0.1, 0.15) is 5.60 Å². The van der Waals surface area contributed by atoms with Crippen molar-refractivity contribution in [2.75, 3.05) is 13.1 Å². The molecule has 2 nitrogen and oxygen atoms in total. The van der Waals surface area contributed by atoms with Gasteiger partial charge < -0.3 is 10.0 Å². The summed E-state index contributed by atoms with van der Waals surface area (Å²) < 4.78 is 0. The van der Waals surface area contributed by atoms with E-state index >= 15 is 0 Å². The quantitative estimate of drug-likeness (QED) is 0.858. The van der Waals surface area contributed by atoms with Crippen LogP contribution in [0, 0.1) is 6.92 Å². The molecular weight excluding hydrogens is 218 g/mol. The molecule has 1 aromatic heterocycles. The minimum Gasteiger partial charge on any atom is -0.384 e. The summed E-state index contributed by atoms with van der Waals surface area (Å²) in [7, 11) is 0. The van der Waals surface area contributed by atoms with E-state index in [0.717, 1.165) is 30.8 Å². The molecule has 1 fully saturated rings. The zero-order chi connectivity index (χ0) is 11.8. The summed E-state index contributed by atoms with van der Waals surface area (Å²) in [5.74, 6) is 0. The zero-order valence-corrected chi connectivity index (χ0v) is 11.2. The fourth-order valence-electron chi connectivity index (χ4n) is 2.34. The number of aryl methyl sites for hydroxylation is 1. The van der Waals surface area contributed by atoms with Gasteiger partial charge in [-0.3, -0.25) is 0 Å². The van der Waals surface area contributed by atoms with E-state index in [1.54, 1.807) is 11.3 Å². The molecule has 1 aliphatic rings. The predicted molar refractivity (Wildman–Crippen MR) is 68.9 cm³/mol. The summed E-state index contributed by atoms with van der Waals surface area (Å²) in [6, 6.07) is 4.78. The first-order valence-electron chi connectivity index (χ1n) is 6.05. The summed E-state index contributed by atoms with van der Waals surface area (Å²) in [4.78, 5) is 4.87. The third kappa shape index (κ3) is 2.31. The summed E-state index contributed by atoms with van der Waals surface area (Å²) in [6.45, 7) is 8.55. The number of likely N-dealkylation sites (tertiary alicyclic amines) is 1. The molecule has 90 valence electrons. The van der Waals surface area contributed by atoms with E-state index in [1.165, 1.54) is 4.88 Å². The van der Waals surface area contributed by atoms with Gasteiger partial charge in [0.05, 0.1) is 0 Å². The second-order valence-electron chi connectivity index (χ2n) is 5.07. The molecule has 1 aromatic rings. The van der Waals surface area contributed by atoms with Gasteiger partial charge in [-0.25, -0.2) is 0 Å². The van der Waals surface area contributed by atoms with Crippen molar-refractivity contribution in [2.24, 2.45) is 0 Å². The molecule has 0 spiro atoms. The summed E-state index contributed by atoms with van der Waals surface area (Å²) in [5, 5.41) is 10.6. The van der Waals surface area contributed by atoms with Gasteiger partial charge >= 0.3 is 0 Å². The van der Waals surface area contributed by atoms with Crippen LogP contribution in [0.25, 0.3) is 0 Å². The molecule has 2 heterocycles. The Kier molecular flexibility index (Phi) is 3.38. The van der Waals surface area contributed by atoms with Crippen molar-refractivity contribution in [3.8, 4) is 0 Å². The van der Waals surface area contributed by atoms with Crippen molar-refractivity contribution in [3.05, 3.63) is 21.9 Å². The van der Waals surface area contributed by atoms with Crippen LogP contribution in [-0.4, -0.2) is 29.1 Å². The number of piperidine rings is 1. The Morgan fingerprint density at radius 2 is 1.94 bits per heavy atom. The van der Waals surface area contributed by atoms with Crippen LogP contribution in [0.3, 0.4) is 0 Å². The summed E-state index contributed by atoms with van der Waals surface area (Å²) in [6.07, 6.45) is 1.73. The monoisotopic (exact) mass is 239 g/mol. The van der Waals surface area contributed by atoms with Crippen LogP contribution in [0.2, 0.25) is 0 Å². The average molecular weight is 239 g/mol. The third-order valence-corrected chi connectivity index (χ3v) is 4.75. The number of thiophene rings is 1. The smallest absolute Gasteiger partial charge is 0.101 e. The highest BCUT2D eigenvalue weighted by atomic mass is 32.1. The van der Waals surface area contributed by atoms with Crippen LogP contribution in [0.5, 0.6) is 0 Å². The SMILES string of the molecule is Cc1ccc(C2(O)CCN(C(C)C)CC2)s1. The Bertz CT molecular complexity index is 351. The molecule has 0 radical (unpaired) electrons. The third-order valence-electron chi connectivity index (χ3n) is 3.55. The van der Waals surface area contributed by atoms with Crippen LogP contribution >= 0.6 is 11.3 Å². The molecule has 0 aliphatic carbocycles. The lowest BCUT2D eigenvalue weighted by molar-refractivity contribution is -0.0295. The minimum absolute atomic E-state index is 0.565. The minimum atomic E-state index is -0.565. The fourth-order valence-corrected chi connectivity index (χ4v) is 3.35. The topological polar surface area (TPSA) is 23.5 Å². The maximum Gasteiger partial charge on any atom is 0.101 e. The van der Waals surface area contributed by atoms with Gasteiger partial charge in [0.15, 0.2) is 0 Å². The van der Waals surface area contributed by atoms with E-state index in [-0.39, 0.29) is 0 Å². The van der Waals surface area contributed by atoms with Crippen LogP contribution < -0.4 is 0 Å². The van der Waals surface area contributed by atoms with Crippen molar-refractivity contribution in [3.63, 3.8) is 0 Å². The van der Waals surface area contributed by atoms with Crippen LogP contribution in [0.4, 0.5) is 0 Å². The molecule has 1 saturated heterocycles. The fraction of sp³-hybridized carbons (Fsp3) is 0.692. The standard InChI is InChI=1S/C13H21NOS/c1-10(2)14-8-6-13(15,7-9-14)12-5-4-11(3)16-12/h4-5,10,15H,6-9H2,1-3H3. The molecule has 3 heteroatoms. The Balaban J connectivity index is 2.06. The molecule has 0 aromatic carbocycles. The first-order valence-corrected chi connectivity index (χ1v) is 6.86. The first-order chi connectivity index (χ1) is 7.51. The highest BCUT2D eigenvalue weighted by molar-refractivity contribution is 7.12. The lowest BCUT2D eigenvalue weighted by Crippen LogP contribution is -2.44. The highest BCUT2D eigenvalue weighted by Crippen LogP contribution is 2.37. The number of nitrogens with zero attached hydrogens (tertiary/aromatic N) is 1. The van der Waals surface area contributed by atoms with Crippen LogP contribution in [-0.2, 0) is 5.60 Å². The number of rotatable bonds is 2. The van der Waals surface area contributed by atoms with Crippen molar-refractivity contribution in [2.45, 2.75) is 45.3 Å². The lowest BCUT2D eigenvalue weighted by Gasteiger charge is -2.39. The molecule has 0 amide bonds. The normalized spacial score (nSPS) is 21.6. The number of aliphatic hydroxyl groups is 1. The van der Waals surface area contributed by atoms with Gasteiger partial charge in [-0.05, 0) is 45.7 Å². The van der Waals surface area contributed by atoms with Gasteiger partial charge in [0.25, 0.3) is 0 Å². The Hall–Kier alpha value is -0.380. The van der Waals surface area contributed by atoms with Gasteiger partial charge in [-0.2, -0.15) is 0 Å². The van der Waals surface area contributed by atoms with E-state index in [0.29, 0.717) is 6.04 Å². The maximum absolute atomic E-state index is 10.6. The molecule has 0 saturated carbocycles.